The average molecular weight is 751 g/mol. The van der Waals surface area contributed by atoms with Gasteiger partial charge in [-0.25, -0.2) is 15.0 Å². The van der Waals surface area contributed by atoms with E-state index in [-0.39, 0.29) is 0 Å². The molecule has 7 aromatic carbocycles. The minimum Gasteiger partial charge on any atom is -0.264 e. The third-order valence-electron chi connectivity index (χ3n) is 10.4. The molecule has 0 aliphatic heterocycles. The molecule has 11 aromatic rings. The summed E-state index contributed by atoms with van der Waals surface area (Å²) < 4.78 is 5.10. The quantitative estimate of drug-likeness (QED) is 0.170. The Bertz CT molecular complexity index is 3130. The second-order valence-corrected chi connectivity index (χ2v) is 15.9. The summed E-state index contributed by atoms with van der Waals surface area (Å²) in [6.45, 7) is 0. The largest absolute Gasteiger partial charge is 0.264 e. The maximum atomic E-state index is 5.31. The van der Waals surface area contributed by atoms with Gasteiger partial charge in [0.05, 0.1) is 0 Å². The van der Waals surface area contributed by atoms with Gasteiger partial charge in [-0.3, -0.25) is 4.98 Å². The van der Waals surface area contributed by atoms with Crippen molar-refractivity contribution in [3.05, 3.63) is 182 Å². The molecule has 0 atom stereocenters. The van der Waals surface area contributed by atoms with E-state index in [4.69, 9.17) is 15.0 Å². The van der Waals surface area contributed by atoms with E-state index < -0.39 is 0 Å². The smallest absolute Gasteiger partial charge is 0.164 e. The van der Waals surface area contributed by atoms with Crippen LogP contribution >= 0.6 is 22.7 Å². The van der Waals surface area contributed by atoms with E-state index in [1.807, 2.05) is 65.3 Å². The molecule has 0 amide bonds. The molecule has 11 rings (SSSR count). The molecule has 262 valence electrons. The molecule has 56 heavy (non-hydrogen) atoms. The van der Waals surface area contributed by atoms with Crippen LogP contribution in [0.25, 0.3) is 108 Å². The van der Waals surface area contributed by atoms with Crippen LogP contribution < -0.4 is 0 Å². The molecule has 0 fully saturated rings. The highest BCUT2D eigenvalue weighted by Crippen LogP contribution is 2.45. The monoisotopic (exact) mass is 750 g/mol. The van der Waals surface area contributed by atoms with Crippen molar-refractivity contribution in [2.75, 3.05) is 0 Å². The van der Waals surface area contributed by atoms with Crippen LogP contribution in [-0.2, 0) is 0 Å². The standard InChI is InChI=1S/C50H30N4S2/c1-2-13-31(14-3-1)48-52-49(54-50(53-48)43-19-5-4-16-36(43)32-15-12-26-51-30-32)35-28-33(37-20-10-22-41-39-17-6-8-24-44(39)55-46(37)41)27-34(29-35)38-21-11-23-42-40-18-7-9-25-45(40)56-47(38)42/h1-30H. The molecule has 6 heteroatoms. The Morgan fingerprint density at radius 3 is 1.43 bits per heavy atom. The fraction of sp³-hybridized carbons (Fsp3) is 0. The second kappa shape index (κ2) is 13.5. The molecule has 0 N–H and O–H groups in total. The lowest BCUT2D eigenvalue weighted by molar-refractivity contribution is 1.07. The van der Waals surface area contributed by atoms with Crippen LogP contribution in [0.5, 0.6) is 0 Å². The summed E-state index contributed by atoms with van der Waals surface area (Å²) in [5, 5.41) is 5.09. The van der Waals surface area contributed by atoms with E-state index in [2.05, 4.69) is 138 Å². The number of fused-ring (bicyclic) bond motifs is 6. The fourth-order valence-electron chi connectivity index (χ4n) is 7.81. The Kier molecular flexibility index (Phi) is 7.83. The van der Waals surface area contributed by atoms with Gasteiger partial charge < -0.3 is 0 Å². The minimum atomic E-state index is 0.610. The zero-order chi connectivity index (χ0) is 37.0. The molecule has 0 aliphatic carbocycles. The Hall–Kier alpha value is -6.86. The van der Waals surface area contributed by atoms with E-state index in [1.54, 1.807) is 6.20 Å². The zero-order valence-corrected chi connectivity index (χ0v) is 31.6. The molecule has 4 nitrogen and oxygen atoms in total. The minimum absolute atomic E-state index is 0.610. The normalized spacial score (nSPS) is 11.6. The summed E-state index contributed by atoms with van der Waals surface area (Å²) in [5.41, 5.74) is 9.40. The van der Waals surface area contributed by atoms with Crippen molar-refractivity contribution < 1.29 is 0 Å². The van der Waals surface area contributed by atoms with E-state index in [0.29, 0.717) is 17.5 Å². The second-order valence-electron chi connectivity index (χ2n) is 13.8. The molecule has 0 unspecified atom stereocenters. The van der Waals surface area contributed by atoms with E-state index >= 15 is 0 Å². The molecule has 0 saturated heterocycles. The van der Waals surface area contributed by atoms with Crippen LogP contribution in [0.15, 0.2) is 182 Å². The van der Waals surface area contributed by atoms with E-state index in [1.165, 1.54) is 51.5 Å². The molecular formula is C50H30N4S2. The highest BCUT2D eigenvalue weighted by molar-refractivity contribution is 7.26. The van der Waals surface area contributed by atoms with E-state index in [0.717, 1.165) is 38.9 Å². The predicted molar refractivity (Wildman–Crippen MR) is 236 cm³/mol. The molecular weight excluding hydrogens is 721 g/mol. The summed E-state index contributed by atoms with van der Waals surface area (Å²) in [6, 6.07) is 60.1. The number of hydrogen-bond acceptors (Lipinski definition) is 6. The first-order valence-corrected chi connectivity index (χ1v) is 20.2. The van der Waals surface area contributed by atoms with Crippen molar-refractivity contribution in [2.45, 2.75) is 0 Å². The van der Waals surface area contributed by atoms with Crippen LogP contribution in [0.3, 0.4) is 0 Å². The van der Waals surface area contributed by atoms with Crippen LogP contribution in [0, 0.1) is 0 Å². The van der Waals surface area contributed by atoms with Crippen molar-refractivity contribution >= 4 is 63.0 Å². The molecule has 0 saturated carbocycles. The Balaban J connectivity index is 1.19. The van der Waals surface area contributed by atoms with Crippen LogP contribution in [0.2, 0.25) is 0 Å². The number of benzene rings is 7. The Labute approximate surface area is 331 Å². The van der Waals surface area contributed by atoms with E-state index in [9.17, 15) is 0 Å². The van der Waals surface area contributed by atoms with Gasteiger partial charge in [-0.15, -0.1) is 22.7 Å². The highest BCUT2D eigenvalue weighted by atomic mass is 32.1. The first-order valence-electron chi connectivity index (χ1n) is 18.5. The van der Waals surface area contributed by atoms with Gasteiger partial charge in [0.25, 0.3) is 0 Å². The van der Waals surface area contributed by atoms with Gasteiger partial charge in [-0.05, 0) is 64.2 Å². The van der Waals surface area contributed by atoms with Crippen molar-refractivity contribution in [3.63, 3.8) is 0 Å². The molecule has 4 heterocycles. The lowest BCUT2D eigenvalue weighted by Crippen LogP contribution is -2.01. The van der Waals surface area contributed by atoms with Crippen molar-refractivity contribution in [1.29, 1.82) is 0 Å². The van der Waals surface area contributed by atoms with Crippen molar-refractivity contribution in [2.24, 2.45) is 0 Å². The van der Waals surface area contributed by atoms with Crippen molar-refractivity contribution in [1.82, 2.24) is 19.9 Å². The zero-order valence-electron chi connectivity index (χ0n) is 29.9. The van der Waals surface area contributed by atoms with Crippen LogP contribution in [0.4, 0.5) is 0 Å². The number of rotatable bonds is 6. The lowest BCUT2D eigenvalue weighted by atomic mass is 9.94. The van der Waals surface area contributed by atoms with Gasteiger partial charge in [-0.1, -0.05) is 133 Å². The summed E-state index contributed by atoms with van der Waals surface area (Å²) in [4.78, 5) is 20.1. The highest BCUT2D eigenvalue weighted by Gasteiger charge is 2.19. The number of hydrogen-bond donors (Lipinski definition) is 0. The SMILES string of the molecule is c1ccc(-c2nc(-c3cc(-c4cccc5c4sc4ccccc45)cc(-c4cccc5c4sc4ccccc45)c3)nc(-c3ccccc3-c3cccnc3)n2)cc1. The summed E-state index contributed by atoms with van der Waals surface area (Å²) in [7, 11) is 0. The van der Waals surface area contributed by atoms with Crippen molar-refractivity contribution in [3.8, 4) is 67.5 Å². The fourth-order valence-corrected chi connectivity index (χ4v) is 10.3. The van der Waals surface area contributed by atoms with Crippen LogP contribution in [0.1, 0.15) is 0 Å². The number of thiophene rings is 2. The first-order chi connectivity index (χ1) is 27.7. The molecule has 4 aromatic heterocycles. The van der Waals surface area contributed by atoms with Gasteiger partial charge in [-0.2, -0.15) is 0 Å². The summed E-state index contributed by atoms with van der Waals surface area (Å²) >= 11 is 3.69. The number of pyridine rings is 1. The molecule has 0 bridgehead atoms. The van der Waals surface area contributed by atoms with Gasteiger partial charge in [0, 0.05) is 75.0 Å². The summed E-state index contributed by atoms with van der Waals surface area (Å²) in [5.74, 6) is 1.85. The number of nitrogens with zero attached hydrogens (tertiary/aromatic N) is 4. The third kappa shape index (κ3) is 5.58. The van der Waals surface area contributed by atoms with Gasteiger partial charge >= 0.3 is 0 Å². The van der Waals surface area contributed by atoms with Crippen LogP contribution in [-0.4, -0.2) is 19.9 Å². The van der Waals surface area contributed by atoms with Gasteiger partial charge in [0.15, 0.2) is 17.5 Å². The molecule has 0 aliphatic rings. The number of aromatic nitrogens is 4. The maximum Gasteiger partial charge on any atom is 0.164 e. The topological polar surface area (TPSA) is 51.6 Å². The average Bonchev–Trinajstić information content (AvgIpc) is 3.85. The van der Waals surface area contributed by atoms with Gasteiger partial charge in [0.1, 0.15) is 0 Å². The molecule has 0 spiro atoms. The Morgan fingerprint density at radius 2 is 0.804 bits per heavy atom. The maximum absolute atomic E-state index is 5.31. The third-order valence-corrected chi connectivity index (χ3v) is 12.9. The summed E-state index contributed by atoms with van der Waals surface area (Å²) in [6.07, 6.45) is 3.68. The molecule has 0 radical (unpaired) electrons. The first kappa shape index (κ1) is 32.6. The predicted octanol–water partition coefficient (Wildman–Crippen LogP) is 14.0. The lowest BCUT2D eigenvalue weighted by Gasteiger charge is -2.14. The van der Waals surface area contributed by atoms with Gasteiger partial charge in [0.2, 0.25) is 0 Å². The Morgan fingerprint density at radius 1 is 0.321 bits per heavy atom.